The fourth-order valence-electron chi connectivity index (χ4n) is 8.19. The number of halogens is 1. The molecule has 1 atom stereocenters. The van der Waals surface area contributed by atoms with Crippen molar-refractivity contribution in [2.45, 2.75) is 69.2 Å². The van der Waals surface area contributed by atoms with Gasteiger partial charge in [0, 0.05) is 30.8 Å². The third-order valence-corrected chi connectivity index (χ3v) is 11.1. The number of ketones is 1. The van der Waals surface area contributed by atoms with Crippen LogP contribution in [0.2, 0.25) is 0 Å². The van der Waals surface area contributed by atoms with Gasteiger partial charge in [0.2, 0.25) is 0 Å². The Balaban J connectivity index is 1.23. The minimum absolute atomic E-state index is 0.175. The van der Waals surface area contributed by atoms with Crippen molar-refractivity contribution in [3.63, 3.8) is 0 Å². The highest BCUT2D eigenvalue weighted by atomic mass is 19.1. The molecule has 0 N–H and O–H groups in total. The summed E-state index contributed by atoms with van der Waals surface area (Å²) < 4.78 is 30.3. The van der Waals surface area contributed by atoms with Crippen LogP contribution < -0.4 is 14.2 Å². The highest BCUT2D eigenvalue weighted by molar-refractivity contribution is 5.78. The number of ether oxygens (including phenoxy) is 3. The molecule has 0 aliphatic carbocycles. The van der Waals surface area contributed by atoms with Gasteiger partial charge in [0.25, 0.3) is 0 Å². The maximum absolute atomic E-state index is 13.4. The number of Topliss-reactive ketones (excluding diaryl/α,β-unsaturated/α-hetero) is 1. The first kappa shape index (κ1) is 37.8. The number of carbonyl (C=O) groups excluding carboxylic acids is 1. The molecule has 0 saturated carbocycles. The molecular weight excluding hydrogens is 662 g/mol. The van der Waals surface area contributed by atoms with E-state index < -0.39 is 0 Å². The first-order chi connectivity index (χ1) is 25.9. The van der Waals surface area contributed by atoms with Crippen molar-refractivity contribution in [2.75, 3.05) is 34.4 Å². The van der Waals surface area contributed by atoms with E-state index in [9.17, 15) is 9.18 Å². The Bertz CT molecular complexity index is 1850. The van der Waals surface area contributed by atoms with Gasteiger partial charge in [-0.2, -0.15) is 0 Å². The third-order valence-electron chi connectivity index (χ3n) is 11.1. The summed E-state index contributed by atoms with van der Waals surface area (Å²) >= 11 is 0. The molecule has 6 heteroatoms. The van der Waals surface area contributed by atoms with Gasteiger partial charge in [0.15, 0.2) is 11.5 Å². The van der Waals surface area contributed by atoms with Crippen LogP contribution >= 0.6 is 0 Å². The monoisotopic (exact) mass is 713 g/mol. The van der Waals surface area contributed by atoms with Gasteiger partial charge in [-0.15, -0.1) is 0 Å². The summed E-state index contributed by atoms with van der Waals surface area (Å²) in [7, 11) is 5.10. The lowest BCUT2D eigenvalue weighted by Gasteiger charge is -2.40. The summed E-state index contributed by atoms with van der Waals surface area (Å²) in [6, 6.07) is 41.1. The molecule has 1 unspecified atom stereocenters. The molecule has 53 heavy (non-hydrogen) atoms. The molecule has 0 amide bonds. The molecular formula is C47H52FNO4. The van der Waals surface area contributed by atoms with E-state index in [1.807, 2.05) is 12.1 Å². The van der Waals surface area contributed by atoms with E-state index in [2.05, 4.69) is 89.8 Å². The smallest absolute Gasteiger partial charge is 0.161 e. The molecule has 0 bridgehead atoms. The molecule has 1 aliphatic rings. The summed E-state index contributed by atoms with van der Waals surface area (Å²) in [5, 5.41) is 0. The normalized spacial score (nSPS) is 14.4. The number of hydrogen-bond donors (Lipinski definition) is 0. The van der Waals surface area contributed by atoms with Gasteiger partial charge in [0.1, 0.15) is 17.3 Å². The third kappa shape index (κ3) is 9.36. The van der Waals surface area contributed by atoms with E-state index in [-0.39, 0.29) is 23.1 Å². The largest absolute Gasteiger partial charge is 0.497 e. The number of aryl methyl sites for hydroxylation is 1. The Morgan fingerprint density at radius 3 is 1.94 bits per heavy atom. The fourth-order valence-corrected chi connectivity index (χ4v) is 8.19. The molecule has 5 nitrogen and oxygen atoms in total. The zero-order valence-corrected chi connectivity index (χ0v) is 31.4. The molecule has 5 aromatic rings. The molecule has 276 valence electrons. The van der Waals surface area contributed by atoms with E-state index in [1.54, 1.807) is 33.5 Å². The van der Waals surface area contributed by atoms with Gasteiger partial charge in [-0.25, -0.2) is 4.39 Å². The fraction of sp³-hybridized carbons (Fsp3) is 0.340. The average molecular weight is 714 g/mol. The van der Waals surface area contributed by atoms with Crippen LogP contribution in [0.5, 0.6) is 17.2 Å². The molecule has 1 aliphatic heterocycles. The van der Waals surface area contributed by atoms with Crippen molar-refractivity contribution in [3.05, 3.63) is 161 Å². The van der Waals surface area contributed by atoms with Crippen LogP contribution in [0.1, 0.15) is 77.9 Å². The van der Waals surface area contributed by atoms with Gasteiger partial charge >= 0.3 is 0 Å². The molecule has 5 aromatic carbocycles. The highest BCUT2D eigenvalue weighted by Crippen LogP contribution is 2.43. The molecule has 6 rings (SSSR count). The zero-order valence-electron chi connectivity index (χ0n) is 31.4. The maximum atomic E-state index is 13.4. The number of carbonyl (C=O) groups is 1. The Kier molecular flexibility index (Phi) is 13.0. The van der Waals surface area contributed by atoms with Crippen molar-refractivity contribution in [1.29, 1.82) is 0 Å². The molecule has 0 radical (unpaired) electrons. The predicted molar refractivity (Wildman–Crippen MR) is 211 cm³/mol. The second kappa shape index (κ2) is 18.2. The topological polar surface area (TPSA) is 48.0 Å². The molecule has 0 aromatic heterocycles. The Morgan fingerprint density at radius 2 is 1.32 bits per heavy atom. The summed E-state index contributed by atoms with van der Waals surface area (Å²) in [6.07, 6.45) is 7.06. The van der Waals surface area contributed by atoms with Crippen molar-refractivity contribution in [3.8, 4) is 17.2 Å². The van der Waals surface area contributed by atoms with Gasteiger partial charge in [-0.1, -0.05) is 84.9 Å². The Morgan fingerprint density at radius 1 is 0.717 bits per heavy atom. The number of methoxy groups -OCH3 is 3. The van der Waals surface area contributed by atoms with Crippen LogP contribution in [0.4, 0.5) is 4.39 Å². The molecule has 0 saturated heterocycles. The molecule has 0 spiro atoms. The first-order valence-electron chi connectivity index (χ1n) is 18.9. The molecule has 1 heterocycles. The van der Waals surface area contributed by atoms with Gasteiger partial charge in [-0.3, -0.25) is 9.69 Å². The standard InChI is InChI=1S/C47H52FNO4/c1-51-42-25-20-36(21-26-42)32-44-43-34-46(53-3)45(52-2)33-37(43)27-31-49(44)30-11-29-47(38-12-6-4-7-13-38,39-14-8-5-9-15-39)28-10-16-41(50)24-19-35-17-22-40(48)23-18-35/h4-9,12-15,17-18,20-23,25-26,33-34,44H,10-11,16,19,24,27-32H2,1-3H3. The Hall–Kier alpha value is -4.94. The Labute approximate surface area is 314 Å². The number of benzene rings is 5. The number of rotatable bonds is 18. The van der Waals surface area contributed by atoms with Crippen molar-refractivity contribution >= 4 is 5.78 Å². The van der Waals surface area contributed by atoms with Crippen LogP contribution in [-0.2, 0) is 29.5 Å². The lowest BCUT2D eigenvalue weighted by atomic mass is 9.68. The SMILES string of the molecule is COc1ccc(CC2c3cc(OC)c(OC)cc3CCN2CCCC(CCCC(=O)CCc2ccc(F)cc2)(c2ccccc2)c2ccccc2)cc1. The summed E-state index contributed by atoms with van der Waals surface area (Å²) in [6.45, 7) is 1.89. The lowest BCUT2D eigenvalue weighted by Crippen LogP contribution is -2.38. The second-order valence-electron chi connectivity index (χ2n) is 14.2. The number of nitrogens with zero attached hydrogens (tertiary/aromatic N) is 1. The van der Waals surface area contributed by atoms with Crippen molar-refractivity contribution in [1.82, 2.24) is 4.90 Å². The van der Waals surface area contributed by atoms with Crippen LogP contribution in [-0.4, -0.2) is 45.1 Å². The molecule has 0 fully saturated rings. The lowest BCUT2D eigenvalue weighted by molar-refractivity contribution is -0.119. The minimum atomic E-state index is -0.253. The van der Waals surface area contributed by atoms with Crippen molar-refractivity contribution < 1.29 is 23.4 Å². The zero-order chi connectivity index (χ0) is 37.0. The first-order valence-corrected chi connectivity index (χ1v) is 18.9. The van der Waals surface area contributed by atoms with Gasteiger partial charge < -0.3 is 14.2 Å². The summed E-state index contributed by atoms with van der Waals surface area (Å²) in [5.41, 5.74) is 7.20. The second-order valence-corrected chi connectivity index (χ2v) is 14.2. The summed E-state index contributed by atoms with van der Waals surface area (Å²) in [5.74, 6) is 2.38. The number of fused-ring (bicyclic) bond motifs is 1. The quantitative estimate of drug-likeness (QED) is 0.0905. The van der Waals surface area contributed by atoms with Gasteiger partial charge in [0.05, 0.1) is 21.3 Å². The summed E-state index contributed by atoms with van der Waals surface area (Å²) in [4.78, 5) is 15.8. The van der Waals surface area contributed by atoms with Gasteiger partial charge in [-0.05, 0) is 121 Å². The van der Waals surface area contributed by atoms with E-state index in [0.717, 1.165) is 74.4 Å². The number of hydrogen-bond acceptors (Lipinski definition) is 5. The van der Waals surface area contributed by atoms with Crippen LogP contribution in [0.25, 0.3) is 0 Å². The van der Waals surface area contributed by atoms with Crippen LogP contribution in [0, 0.1) is 5.82 Å². The minimum Gasteiger partial charge on any atom is -0.497 e. The predicted octanol–water partition coefficient (Wildman–Crippen LogP) is 10.1. The highest BCUT2D eigenvalue weighted by Gasteiger charge is 2.35. The van der Waals surface area contributed by atoms with Crippen LogP contribution in [0.3, 0.4) is 0 Å². The maximum Gasteiger partial charge on any atom is 0.161 e. The van der Waals surface area contributed by atoms with Crippen molar-refractivity contribution in [2.24, 2.45) is 0 Å². The van der Waals surface area contributed by atoms with E-state index >= 15 is 0 Å². The van der Waals surface area contributed by atoms with E-state index in [0.29, 0.717) is 19.3 Å². The van der Waals surface area contributed by atoms with E-state index in [4.69, 9.17) is 14.2 Å². The average Bonchev–Trinajstić information content (AvgIpc) is 3.21. The van der Waals surface area contributed by atoms with E-state index in [1.165, 1.54) is 39.9 Å². The van der Waals surface area contributed by atoms with Crippen LogP contribution in [0.15, 0.2) is 121 Å².